The summed E-state index contributed by atoms with van der Waals surface area (Å²) in [5.74, 6) is 0.431. The monoisotopic (exact) mass is 252 g/mol. The highest BCUT2D eigenvalue weighted by Crippen LogP contribution is 2.38. The maximum atomic E-state index is 12.4. The normalized spacial score (nSPS) is 23.3. The van der Waals surface area contributed by atoms with Crippen LogP contribution < -0.4 is 5.32 Å². The first-order valence-corrected chi connectivity index (χ1v) is 6.95. The van der Waals surface area contributed by atoms with Crippen LogP contribution in [-0.2, 0) is 9.59 Å². The number of rotatable bonds is 2. The zero-order valence-electron chi connectivity index (χ0n) is 11.7. The van der Waals surface area contributed by atoms with Crippen LogP contribution in [-0.4, -0.2) is 36.3 Å². The van der Waals surface area contributed by atoms with Crippen LogP contribution in [0, 0.1) is 10.8 Å². The Bertz CT molecular complexity index is 355. The Morgan fingerprint density at radius 1 is 1.39 bits per heavy atom. The van der Waals surface area contributed by atoms with Gasteiger partial charge in [0.05, 0.1) is 0 Å². The largest absolute Gasteiger partial charge is 0.356 e. The van der Waals surface area contributed by atoms with Gasteiger partial charge in [0.2, 0.25) is 11.8 Å². The van der Waals surface area contributed by atoms with Crippen molar-refractivity contribution in [2.75, 3.05) is 19.6 Å². The Kier molecular flexibility index (Phi) is 3.39. The quantitative estimate of drug-likeness (QED) is 0.810. The molecule has 2 rings (SSSR count). The second-order valence-electron chi connectivity index (χ2n) is 6.48. The van der Waals surface area contributed by atoms with E-state index in [9.17, 15) is 9.59 Å². The lowest BCUT2D eigenvalue weighted by Gasteiger charge is -2.41. The van der Waals surface area contributed by atoms with Gasteiger partial charge in [-0.3, -0.25) is 9.59 Å². The zero-order valence-corrected chi connectivity index (χ0v) is 11.7. The van der Waals surface area contributed by atoms with Crippen LogP contribution in [0.3, 0.4) is 0 Å². The van der Waals surface area contributed by atoms with E-state index in [-0.39, 0.29) is 22.6 Å². The third-order valence-corrected chi connectivity index (χ3v) is 4.77. The third kappa shape index (κ3) is 2.38. The first-order valence-electron chi connectivity index (χ1n) is 6.95. The molecule has 102 valence electrons. The van der Waals surface area contributed by atoms with E-state index in [1.54, 1.807) is 0 Å². The molecule has 0 aromatic heterocycles. The summed E-state index contributed by atoms with van der Waals surface area (Å²) in [5.41, 5.74) is -0.127. The summed E-state index contributed by atoms with van der Waals surface area (Å²) in [6.45, 7) is 8.49. The molecule has 1 spiro atoms. The molecule has 2 aliphatic rings. The molecule has 2 fully saturated rings. The van der Waals surface area contributed by atoms with Crippen molar-refractivity contribution in [3.05, 3.63) is 0 Å². The summed E-state index contributed by atoms with van der Waals surface area (Å²) >= 11 is 0. The van der Waals surface area contributed by atoms with Crippen molar-refractivity contribution in [1.29, 1.82) is 0 Å². The fourth-order valence-electron chi connectivity index (χ4n) is 2.87. The highest BCUT2D eigenvalue weighted by molar-refractivity contribution is 5.82. The number of carbonyl (C=O) groups excluding carboxylic acids is 2. The maximum Gasteiger partial charge on any atom is 0.228 e. The van der Waals surface area contributed by atoms with Crippen LogP contribution in [0.2, 0.25) is 0 Å². The van der Waals surface area contributed by atoms with Gasteiger partial charge in [0.1, 0.15) is 0 Å². The van der Waals surface area contributed by atoms with Crippen LogP contribution in [0.15, 0.2) is 0 Å². The number of amides is 2. The predicted molar refractivity (Wildman–Crippen MR) is 69.9 cm³/mol. The number of likely N-dealkylation sites (tertiary alicyclic amines) is 1. The van der Waals surface area contributed by atoms with Crippen LogP contribution in [0.4, 0.5) is 0 Å². The summed E-state index contributed by atoms with van der Waals surface area (Å²) in [7, 11) is 0. The summed E-state index contributed by atoms with van der Waals surface area (Å²) in [4.78, 5) is 25.7. The van der Waals surface area contributed by atoms with Gasteiger partial charge in [0.15, 0.2) is 0 Å². The number of hydrogen-bond acceptors (Lipinski definition) is 2. The van der Waals surface area contributed by atoms with Crippen molar-refractivity contribution in [3.8, 4) is 0 Å². The molecule has 0 atom stereocenters. The van der Waals surface area contributed by atoms with Gasteiger partial charge in [-0.2, -0.15) is 0 Å². The topological polar surface area (TPSA) is 49.4 Å². The number of piperidine rings is 1. The number of nitrogens with zero attached hydrogens (tertiary/aromatic N) is 1. The fourth-order valence-corrected chi connectivity index (χ4v) is 2.87. The van der Waals surface area contributed by atoms with Crippen molar-refractivity contribution in [3.63, 3.8) is 0 Å². The minimum atomic E-state index is -0.256. The second kappa shape index (κ2) is 4.56. The zero-order chi connectivity index (χ0) is 13.4. The molecule has 2 heterocycles. The minimum absolute atomic E-state index is 0.129. The first-order chi connectivity index (χ1) is 8.38. The highest BCUT2D eigenvalue weighted by Gasteiger charge is 2.43. The lowest BCUT2D eigenvalue weighted by atomic mass is 9.77. The van der Waals surface area contributed by atoms with Gasteiger partial charge in [0, 0.05) is 31.5 Å². The summed E-state index contributed by atoms with van der Waals surface area (Å²) in [5, 5.41) is 2.92. The molecule has 0 aromatic rings. The SMILES string of the molecule is CCC(C)(C)C(=O)N1CCC2(CC1)CNC(=O)C2. The standard InChI is InChI=1S/C14H24N2O2/c1-4-13(2,3)12(18)16-7-5-14(6-8-16)9-11(17)15-10-14/h4-10H2,1-3H3,(H,15,17). The second-order valence-corrected chi connectivity index (χ2v) is 6.48. The summed E-state index contributed by atoms with van der Waals surface area (Å²) in [6.07, 6.45) is 3.42. The molecule has 18 heavy (non-hydrogen) atoms. The number of carbonyl (C=O) groups is 2. The molecule has 4 nitrogen and oxygen atoms in total. The molecular weight excluding hydrogens is 228 g/mol. The number of hydrogen-bond donors (Lipinski definition) is 1. The van der Waals surface area contributed by atoms with Gasteiger partial charge in [-0.05, 0) is 24.7 Å². The molecule has 2 aliphatic heterocycles. The molecule has 0 bridgehead atoms. The molecule has 0 unspecified atom stereocenters. The number of nitrogens with one attached hydrogen (secondary N) is 1. The Morgan fingerprint density at radius 3 is 2.44 bits per heavy atom. The minimum Gasteiger partial charge on any atom is -0.356 e. The molecule has 2 amide bonds. The Labute approximate surface area is 109 Å². The van der Waals surface area contributed by atoms with E-state index in [0.717, 1.165) is 38.9 Å². The van der Waals surface area contributed by atoms with Crippen molar-refractivity contribution in [2.45, 2.75) is 46.5 Å². The lowest BCUT2D eigenvalue weighted by molar-refractivity contribution is -0.142. The average Bonchev–Trinajstić information content (AvgIpc) is 2.71. The van der Waals surface area contributed by atoms with Crippen molar-refractivity contribution >= 4 is 11.8 Å². The van der Waals surface area contributed by atoms with Crippen LogP contribution >= 0.6 is 0 Å². The van der Waals surface area contributed by atoms with E-state index in [1.165, 1.54) is 0 Å². The summed E-state index contributed by atoms with van der Waals surface area (Å²) < 4.78 is 0. The van der Waals surface area contributed by atoms with E-state index in [2.05, 4.69) is 12.2 Å². The summed E-state index contributed by atoms with van der Waals surface area (Å²) in [6, 6.07) is 0. The molecule has 0 aliphatic carbocycles. The van der Waals surface area contributed by atoms with E-state index in [1.807, 2.05) is 18.7 Å². The van der Waals surface area contributed by atoms with Crippen molar-refractivity contribution < 1.29 is 9.59 Å². The maximum absolute atomic E-state index is 12.4. The molecular formula is C14H24N2O2. The van der Waals surface area contributed by atoms with E-state index in [0.29, 0.717) is 6.42 Å². The lowest BCUT2D eigenvalue weighted by Crippen LogP contribution is -2.48. The van der Waals surface area contributed by atoms with Crippen molar-refractivity contribution in [2.24, 2.45) is 10.8 Å². The third-order valence-electron chi connectivity index (χ3n) is 4.77. The molecule has 1 N–H and O–H groups in total. The molecule has 4 heteroatoms. The fraction of sp³-hybridized carbons (Fsp3) is 0.857. The van der Waals surface area contributed by atoms with Crippen LogP contribution in [0.1, 0.15) is 46.5 Å². The smallest absolute Gasteiger partial charge is 0.228 e. The Morgan fingerprint density at radius 2 is 2.00 bits per heavy atom. The first kappa shape index (κ1) is 13.4. The Hall–Kier alpha value is -1.06. The van der Waals surface area contributed by atoms with E-state index >= 15 is 0 Å². The predicted octanol–water partition coefficient (Wildman–Crippen LogP) is 1.55. The van der Waals surface area contributed by atoms with Crippen LogP contribution in [0.5, 0.6) is 0 Å². The van der Waals surface area contributed by atoms with Gasteiger partial charge < -0.3 is 10.2 Å². The molecule has 2 saturated heterocycles. The Balaban J connectivity index is 1.95. The molecule has 0 aromatic carbocycles. The highest BCUT2D eigenvalue weighted by atomic mass is 16.2. The van der Waals surface area contributed by atoms with Gasteiger partial charge in [-0.1, -0.05) is 20.8 Å². The van der Waals surface area contributed by atoms with Gasteiger partial charge in [0.25, 0.3) is 0 Å². The van der Waals surface area contributed by atoms with Gasteiger partial charge in [-0.15, -0.1) is 0 Å². The molecule has 0 radical (unpaired) electrons. The van der Waals surface area contributed by atoms with Gasteiger partial charge in [-0.25, -0.2) is 0 Å². The van der Waals surface area contributed by atoms with Crippen LogP contribution in [0.25, 0.3) is 0 Å². The van der Waals surface area contributed by atoms with E-state index < -0.39 is 0 Å². The van der Waals surface area contributed by atoms with E-state index in [4.69, 9.17) is 0 Å². The molecule has 0 saturated carbocycles. The van der Waals surface area contributed by atoms with Crippen molar-refractivity contribution in [1.82, 2.24) is 10.2 Å². The average molecular weight is 252 g/mol. The van der Waals surface area contributed by atoms with Gasteiger partial charge >= 0.3 is 0 Å².